The third-order valence-corrected chi connectivity index (χ3v) is 3.14. The Bertz CT molecular complexity index is 427. The summed E-state index contributed by atoms with van der Waals surface area (Å²) in [5, 5.41) is 3.18. The van der Waals surface area contributed by atoms with Crippen LogP contribution < -0.4 is 5.32 Å². The van der Waals surface area contributed by atoms with E-state index in [0.29, 0.717) is 32.1 Å². The number of nitrogens with one attached hydrogen (secondary N) is 1. The molecule has 0 bridgehead atoms. The molecule has 1 rings (SSSR count). The SMILES string of the molecule is CCNC(=NCC(=O)OC(C)(C)C)N1CCN(C(C)=O)CC1.I. The number of nitrogens with zero attached hydrogens (tertiary/aromatic N) is 3. The number of hydrogen-bond donors (Lipinski definition) is 1. The molecular weight excluding hydrogens is 411 g/mol. The molecule has 7 nitrogen and oxygen atoms in total. The molecule has 0 unspecified atom stereocenters. The Balaban J connectivity index is 0.00000484. The summed E-state index contributed by atoms with van der Waals surface area (Å²) in [4.78, 5) is 31.3. The van der Waals surface area contributed by atoms with Crippen molar-refractivity contribution in [2.75, 3.05) is 39.3 Å². The zero-order valence-electron chi connectivity index (χ0n) is 14.7. The maximum absolute atomic E-state index is 11.8. The van der Waals surface area contributed by atoms with E-state index in [0.717, 1.165) is 6.54 Å². The highest BCUT2D eigenvalue weighted by atomic mass is 127. The summed E-state index contributed by atoms with van der Waals surface area (Å²) < 4.78 is 5.26. The predicted octanol–water partition coefficient (Wildman–Crippen LogP) is 1.08. The first kappa shape index (κ1) is 21.9. The lowest BCUT2D eigenvalue weighted by Gasteiger charge is -2.36. The molecule has 0 spiro atoms. The molecule has 0 aromatic carbocycles. The van der Waals surface area contributed by atoms with Crippen LogP contribution in [0.25, 0.3) is 0 Å². The third-order valence-electron chi connectivity index (χ3n) is 3.14. The second-order valence-electron chi connectivity index (χ2n) is 6.25. The summed E-state index contributed by atoms with van der Waals surface area (Å²) >= 11 is 0. The van der Waals surface area contributed by atoms with Gasteiger partial charge in [-0.2, -0.15) is 0 Å². The fraction of sp³-hybridized carbons (Fsp3) is 0.800. The topological polar surface area (TPSA) is 74.2 Å². The fourth-order valence-electron chi connectivity index (χ4n) is 2.17. The van der Waals surface area contributed by atoms with Crippen LogP contribution in [0.2, 0.25) is 0 Å². The van der Waals surface area contributed by atoms with E-state index in [1.165, 1.54) is 0 Å². The number of rotatable bonds is 3. The van der Waals surface area contributed by atoms with E-state index in [2.05, 4.69) is 15.2 Å². The van der Waals surface area contributed by atoms with Gasteiger partial charge in [0.25, 0.3) is 0 Å². The number of hydrogen-bond acceptors (Lipinski definition) is 4. The molecule has 1 heterocycles. The lowest BCUT2D eigenvalue weighted by atomic mass is 10.2. The average molecular weight is 440 g/mol. The summed E-state index contributed by atoms with van der Waals surface area (Å²) in [5.74, 6) is 0.442. The van der Waals surface area contributed by atoms with Crippen LogP contribution in [-0.2, 0) is 14.3 Å². The first-order valence-corrected chi connectivity index (χ1v) is 7.73. The van der Waals surface area contributed by atoms with Gasteiger partial charge in [-0.3, -0.25) is 9.59 Å². The second kappa shape index (κ2) is 9.94. The molecule has 8 heteroatoms. The van der Waals surface area contributed by atoms with Crippen LogP contribution in [0.15, 0.2) is 4.99 Å². The van der Waals surface area contributed by atoms with Crippen LogP contribution in [0, 0.1) is 0 Å². The Hall–Kier alpha value is -1.06. The van der Waals surface area contributed by atoms with E-state index in [9.17, 15) is 9.59 Å². The normalized spacial score (nSPS) is 15.8. The standard InChI is InChI=1S/C15H28N4O3.HI/c1-6-16-14(17-11-13(21)22-15(3,4)5)19-9-7-18(8-10-19)12(2)20;/h6-11H2,1-5H3,(H,16,17);1H. The van der Waals surface area contributed by atoms with Crippen molar-refractivity contribution >= 4 is 41.8 Å². The number of guanidine groups is 1. The van der Waals surface area contributed by atoms with Crippen molar-refractivity contribution < 1.29 is 14.3 Å². The van der Waals surface area contributed by atoms with Gasteiger partial charge in [0.2, 0.25) is 5.91 Å². The van der Waals surface area contributed by atoms with E-state index in [1.54, 1.807) is 6.92 Å². The molecule has 0 atom stereocenters. The number of aliphatic imine (C=N–C) groups is 1. The zero-order chi connectivity index (χ0) is 16.8. The van der Waals surface area contributed by atoms with E-state index in [-0.39, 0.29) is 42.4 Å². The molecule has 1 amide bonds. The van der Waals surface area contributed by atoms with Crippen molar-refractivity contribution in [2.24, 2.45) is 4.99 Å². The van der Waals surface area contributed by atoms with E-state index in [4.69, 9.17) is 4.74 Å². The summed E-state index contributed by atoms with van der Waals surface area (Å²) in [6.07, 6.45) is 0. The largest absolute Gasteiger partial charge is 0.459 e. The minimum Gasteiger partial charge on any atom is -0.459 e. The van der Waals surface area contributed by atoms with Crippen LogP contribution in [-0.4, -0.2) is 72.5 Å². The summed E-state index contributed by atoms with van der Waals surface area (Å²) in [6.45, 7) is 12.5. The quantitative estimate of drug-likeness (QED) is 0.308. The highest BCUT2D eigenvalue weighted by Crippen LogP contribution is 2.07. The number of carbonyl (C=O) groups is 2. The van der Waals surface area contributed by atoms with Crippen LogP contribution in [0.5, 0.6) is 0 Å². The Morgan fingerprint density at radius 1 is 1.13 bits per heavy atom. The average Bonchev–Trinajstić information content (AvgIpc) is 2.41. The lowest BCUT2D eigenvalue weighted by molar-refractivity contribution is -0.152. The molecule has 1 N–H and O–H groups in total. The number of esters is 1. The van der Waals surface area contributed by atoms with Gasteiger partial charge in [0, 0.05) is 39.6 Å². The monoisotopic (exact) mass is 440 g/mol. The molecule has 0 aromatic rings. The van der Waals surface area contributed by atoms with Gasteiger partial charge in [-0.1, -0.05) is 0 Å². The van der Waals surface area contributed by atoms with E-state index < -0.39 is 5.60 Å². The maximum atomic E-state index is 11.8. The highest BCUT2D eigenvalue weighted by molar-refractivity contribution is 14.0. The molecule has 1 aliphatic rings. The zero-order valence-corrected chi connectivity index (χ0v) is 17.0. The first-order chi connectivity index (χ1) is 10.2. The minimum atomic E-state index is -0.502. The molecule has 0 aliphatic carbocycles. The molecular formula is C15H29IN4O3. The molecule has 0 saturated carbocycles. The number of amides is 1. The van der Waals surface area contributed by atoms with Crippen molar-refractivity contribution in [1.82, 2.24) is 15.1 Å². The van der Waals surface area contributed by atoms with Gasteiger partial charge in [-0.15, -0.1) is 24.0 Å². The summed E-state index contributed by atoms with van der Waals surface area (Å²) in [6, 6.07) is 0. The Labute approximate surface area is 155 Å². The predicted molar refractivity (Wildman–Crippen MR) is 101 cm³/mol. The number of carbonyl (C=O) groups excluding carboxylic acids is 2. The number of halogens is 1. The van der Waals surface area contributed by atoms with Gasteiger partial charge in [-0.25, -0.2) is 4.99 Å². The molecule has 0 aromatic heterocycles. The highest BCUT2D eigenvalue weighted by Gasteiger charge is 2.21. The summed E-state index contributed by atoms with van der Waals surface area (Å²) in [7, 11) is 0. The van der Waals surface area contributed by atoms with Gasteiger partial charge < -0.3 is 19.9 Å². The first-order valence-electron chi connectivity index (χ1n) is 7.73. The molecule has 134 valence electrons. The third kappa shape index (κ3) is 8.38. The van der Waals surface area contributed by atoms with Crippen molar-refractivity contribution in [3.8, 4) is 0 Å². The molecule has 1 fully saturated rings. The van der Waals surface area contributed by atoms with Crippen molar-refractivity contribution in [2.45, 2.75) is 40.2 Å². The van der Waals surface area contributed by atoms with Crippen LogP contribution in [0.4, 0.5) is 0 Å². The van der Waals surface area contributed by atoms with E-state index >= 15 is 0 Å². The van der Waals surface area contributed by atoms with Crippen LogP contribution >= 0.6 is 24.0 Å². The Kier molecular flexibility index (Phi) is 9.48. The number of ether oxygens (including phenoxy) is 1. The molecule has 23 heavy (non-hydrogen) atoms. The van der Waals surface area contributed by atoms with Gasteiger partial charge >= 0.3 is 5.97 Å². The lowest BCUT2D eigenvalue weighted by Crippen LogP contribution is -2.53. The minimum absolute atomic E-state index is 0. The molecule has 0 radical (unpaired) electrons. The Morgan fingerprint density at radius 2 is 1.65 bits per heavy atom. The van der Waals surface area contributed by atoms with E-state index in [1.807, 2.05) is 32.6 Å². The van der Waals surface area contributed by atoms with Gasteiger partial charge in [0.15, 0.2) is 5.96 Å². The molecule has 1 aliphatic heterocycles. The van der Waals surface area contributed by atoms with Crippen LogP contribution in [0.1, 0.15) is 34.6 Å². The summed E-state index contributed by atoms with van der Waals surface area (Å²) in [5.41, 5.74) is -0.502. The molecule has 1 saturated heterocycles. The smallest absolute Gasteiger partial charge is 0.328 e. The number of piperazine rings is 1. The van der Waals surface area contributed by atoms with Crippen LogP contribution in [0.3, 0.4) is 0 Å². The van der Waals surface area contributed by atoms with Gasteiger partial charge in [0.05, 0.1) is 0 Å². The van der Waals surface area contributed by atoms with Gasteiger partial charge in [-0.05, 0) is 27.7 Å². The second-order valence-corrected chi connectivity index (χ2v) is 6.25. The van der Waals surface area contributed by atoms with Crippen molar-refractivity contribution in [3.63, 3.8) is 0 Å². The fourth-order valence-corrected chi connectivity index (χ4v) is 2.17. The van der Waals surface area contributed by atoms with Crippen molar-refractivity contribution in [3.05, 3.63) is 0 Å². The maximum Gasteiger partial charge on any atom is 0.328 e. The Morgan fingerprint density at radius 3 is 2.09 bits per heavy atom. The van der Waals surface area contributed by atoms with Crippen molar-refractivity contribution in [1.29, 1.82) is 0 Å². The van der Waals surface area contributed by atoms with Gasteiger partial charge in [0.1, 0.15) is 12.1 Å².